The van der Waals surface area contributed by atoms with Gasteiger partial charge in [0.2, 0.25) is 5.92 Å². The zero-order valence-corrected chi connectivity index (χ0v) is 17.5. The average Bonchev–Trinajstić information content (AvgIpc) is 3.22. The molecule has 162 valence electrons. The van der Waals surface area contributed by atoms with Crippen molar-refractivity contribution in [3.8, 4) is 0 Å². The first-order valence-corrected chi connectivity index (χ1v) is 10.9. The Balaban J connectivity index is 1.49. The van der Waals surface area contributed by atoms with E-state index in [1.54, 1.807) is 12.1 Å². The zero-order chi connectivity index (χ0) is 21.3. The van der Waals surface area contributed by atoms with Crippen molar-refractivity contribution in [3.05, 3.63) is 34.9 Å². The summed E-state index contributed by atoms with van der Waals surface area (Å²) < 4.78 is 26.7. The maximum Gasteiger partial charge on any atom is 0.253 e. The molecule has 1 amide bonds. The van der Waals surface area contributed by atoms with Gasteiger partial charge in [0.15, 0.2) is 0 Å². The number of benzene rings is 1. The summed E-state index contributed by atoms with van der Waals surface area (Å²) in [6, 6.07) is 7.18. The van der Waals surface area contributed by atoms with E-state index >= 15 is 0 Å². The lowest BCUT2D eigenvalue weighted by Crippen LogP contribution is -2.34. The Morgan fingerprint density at radius 3 is 2.67 bits per heavy atom. The Bertz CT molecular complexity index is 930. The van der Waals surface area contributed by atoms with Crippen LogP contribution in [0, 0.1) is 11.8 Å². The van der Waals surface area contributed by atoms with Crippen molar-refractivity contribution in [1.82, 2.24) is 10.3 Å². The van der Waals surface area contributed by atoms with E-state index in [4.69, 9.17) is 16.6 Å². The molecule has 2 N–H and O–H groups in total. The van der Waals surface area contributed by atoms with Gasteiger partial charge in [-0.25, -0.2) is 13.8 Å². The number of hydrogen-bond donors (Lipinski definition) is 2. The molecule has 0 radical (unpaired) electrons. The Morgan fingerprint density at radius 2 is 1.97 bits per heavy atom. The molecular weight excluding hydrogens is 412 g/mol. The molecule has 1 aromatic heterocycles. The highest BCUT2D eigenvalue weighted by Crippen LogP contribution is 2.36. The van der Waals surface area contributed by atoms with Gasteiger partial charge >= 0.3 is 0 Å². The van der Waals surface area contributed by atoms with Crippen molar-refractivity contribution < 1.29 is 18.7 Å². The molecular formula is C22H26ClF2N3O2. The second-order valence-corrected chi connectivity index (χ2v) is 8.86. The van der Waals surface area contributed by atoms with Crippen LogP contribution in [0.5, 0.6) is 0 Å². The second kappa shape index (κ2) is 8.63. The third-order valence-electron chi connectivity index (χ3n) is 6.29. The number of rotatable bonds is 5. The predicted molar refractivity (Wildman–Crippen MR) is 113 cm³/mol. The van der Waals surface area contributed by atoms with E-state index < -0.39 is 5.92 Å². The van der Waals surface area contributed by atoms with E-state index in [9.17, 15) is 18.7 Å². The van der Waals surface area contributed by atoms with E-state index in [1.807, 2.05) is 12.1 Å². The van der Waals surface area contributed by atoms with Crippen molar-refractivity contribution >= 4 is 34.2 Å². The maximum atomic E-state index is 13.3. The summed E-state index contributed by atoms with van der Waals surface area (Å²) in [5.41, 5.74) is 1.04. The Morgan fingerprint density at radius 1 is 1.20 bits per heavy atom. The molecule has 0 bridgehead atoms. The number of halogens is 3. The number of alkyl halides is 2. The van der Waals surface area contributed by atoms with Crippen molar-refractivity contribution in [2.75, 3.05) is 31.1 Å². The van der Waals surface area contributed by atoms with Crippen LogP contribution in [0.1, 0.15) is 42.5 Å². The molecule has 8 heteroatoms. The number of carbonyl (C=O) groups excluding carboxylic acids is 1. The third kappa shape index (κ3) is 4.52. The molecule has 1 aliphatic carbocycles. The standard InChI is InChI=1S/C22H26ClF2N3O2/c23-17-2-3-18-16(1-4-19(27-18)28-10-7-15(12-28)13-29)20(17)21(30)26-11-14-5-8-22(24,25)9-6-14/h1-4,14-15,29H,5-13H2,(H,26,30). The van der Waals surface area contributed by atoms with Crippen LogP contribution in [0.15, 0.2) is 24.3 Å². The summed E-state index contributed by atoms with van der Waals surface area (Å²) in [6.45, 7) is 2.13. The van der Waals surface area contributed by atoms with E-state index in [1.165, 1.54) is 0 Å². The van der Waals surface area contributed by atoms with Crippen LogP contribution in [0.3, 0.4) is 0 Å². The molecule has 1 atom stereocenters. The number of nitrogens with one attached hydrogen (secondary N) is 1. The monoisotopic (exact) mass is 437 g/mol. The lowest BCUT2D eigenvalue weighted by molar-refractivity contribution is -0.0452. The summed E-state index contributed by atoms with van der Waals surface area (Å²) in [4.78, 5) is 19.7. The predicted octanol–water partition coefficient (Wildman–Crippen LogP) is 4.26. The van der Waals surface area contributed by atoms with Gasteiger partial charge in [-0.3, -0.25) is 4.79 Å². The lowest BCUT2D eigenvalue weighted by Gasteiger charge is -2.28. The minimum atomic E-state index is -2.57. The van der Waals surface area contributed by atoms with Gasteiger partial charge in [0.25, 0.3) is 5.91 Å². The summed E-state index contributed by atoms with van der Waals surface area (Å²) in [5, 5.41) is 13.2. The third-order valence-corrected chi connectivity index (χ3v) is 6.60. The highest BCUT2D eigenvalue weighted by molar-refractivity contribution is 6.35. The number of pyridine rings is 1. The minimum Gasteiger partial charge on any atom is -0.396 e. The molecule has 1 aliphatic heterocycles. The molecule has 2 fully saturated rings. The zero-order valence-electron chi connectivity index (χ0n) is 16.7. The van der Waals surface area contributed by atoms with E-state index in [0.29, 0.717) is 40.9 Å². The Kier molecular flexibility index (Phi) is 6.11. The first kappa shape index (κ1) is 21.2. The molecule has 2 aromatic rings. The number of amides is 1. The van der Waals surface area contributed by atoms with Gasteiger partial charge in [0.05, 0.1) is 16.1 Å². The van der Waals surface area contributed by atoms with Crippen LogP contribution >= 0.6 is 11.6 Å². The summed E-state index contributed by atoms with van der Waals surface area (Å²) in [6.07, 6.45) is 1.50. The normalized spacial score (nSPS) is 21.9. The second-order valence-electron chi connectivity index (χ2n) is 8.45. The molecule has 30 heavy (non-hydrogen) atoms. The van der Waals surface area contributed by atoms with Crippen LogP contribution < -0.4 is 10.2 Å². The number of nitrogens with zero attached hydrogens (tertiary/aromatic N) is 2. The molecule has 1 saturated heterocycles. The highest BCUT2D eigenvalue weighted by Gasteiger charge is 2.35. The smallest absolute Gasteiger partial charge is 0.253 e. The van der Waals surface area contributed by atoms with Crippen molar-refractivity contribution in [3.63, 3.8) is 0 Å². The number of carbonyl (C=O) groups is 1. The molecule has 1 aromatic carbocycles. The number of aliphatic hydroxyl groups excluding tert-OH is 1. The topological polar surface area (TPSA) is 65.5 Å². The summed E-state index contributed by atoms with van der Waals surface area (Å²) in [5.74, 6) is -1.75. The SMILES string of the molecule is O=C(NCC1CCC(F)(F)CC1)c1c(Cl)ccc2nc(N3CCC(CO)C3)ccc12. The number of fused-ring (bicyclic) bond motifs is 1. The van der Waals surface area contributed by atoms with Gasteiger partial charge in [0, 0.05) is 50.4 Å². The first-order valence-electron chi connectivity index (χ1n) is 10.5. The highest BCUT2D eigenvalue weighted by atomic mass is 35.5. The van der Waals surface area contributed by atoms with Crippen LogP contribution in [-0.2, 0) is 0 Å². The quantitative estimate of drug-likeness (QED) is 0.733. The number of hydrogen-bond acceptors (Lipinski definition) is 4. The van der Waals surface area contributed by atoms with Gasteiger partial charge in [-0.1, -0.05) is 11.6 Å². The van der Waals surface area contributed by atoms with E-state index in [0.717, 1.165) is 25.3 Å². The molecule has 4 rings (SSSR count). The molecule has 2 heterocycles. The van der Waals surface area contributed by atoms with E-state index in [2.05, 4.69) is 10.2 Å². The molecule has 1 saturated carbocycles. The fourth-order valence-electron chi connectivity index (χ4n) is 4.39. The maximum absolute atomic E-state index is 13.3. The van der Waals surface area contributed by atoms with Gasteiger partial charge in [-0.05, 0) is 49.4 Å². The minimum absolute atomic E-state index is 0.0571. The van der Waals surface area contributed by atoms with Gasteiger partial charge in [0.1, 0.15) is 5.82 Å². The Hall–Kier alpha value is -1.99. The summed E-state index contributed by atoms with van der Waals surface area (Å²) in [7, 11) is 0. The largest absolute Gasteiger partial charge is 0.396 e. The fraction of sp³-hybridized carbons (Fsp3) is 0.545. The van der Waals surface area contributed by atoms with Crippen molar-refractivity contribution in [1.29, 1.82) is 0 Å². The van der Waals surface area contributed by atoms with Crippen molar-refractivity contribution in [2.45, 2.75) is 38.0 Å². The lowest BCUT2D eigenvalue weighted by atomic mass is 9.87. The summed E-state index contributed by atoms with van der Waals surface area (Å²) >= 11 is 6.34. The molecule has 0 spiro atoms. The Labute approximate surface area is 179 Å². The van der Waals surface area contributed by atoms with Crippen LogP contribution in [0.2, 0.25) is 5.02 Å². The fourth-order valence-corrected chi connectivity index (χ4v) is 4.64. The van der Waals surface area contributed by atoms with E-state index in [-0.39, 0.29) is 37.2 Å². The van der Waals surface area contributed by atoms with Gasteiger partial charge in [-0.2, -0.15) is 0 Å². The molecule has 1 unspecified atom stereocenters. The van der Waals surface area contributed by atoms with Gasteiger partial charge in [-0.15, -0.1) is 0 Å². The molecule has 5 nitrogen and oxygen atoms in total. The van der Waals surface area contributed by atoms with Crippen LogP contribution in [-0.4, -0.2) is 48.2 Å². The first-order chi connectivity index (χ1) is 14.4. The van der Waals surface area contributed by atoms with Gasteiger partial charge < -0.3 is 15.3 Å². The van der Waals surface area contributed by atoms with Crippen LogP contribution in [0.25, 0.3) is 10.9 Å². The van der Waals surface area contributed by atoms with Crippen LogP contribution in [0.4, 0.5) is 14.6 Å². The molecule has 2 aliphatic rings. The number of aliphatic hydroxyl groups is 1. The number of anilines is 1. The average molecular weight is 438 g/mol. The van der Waals surface area contributed by atoms with Crippen molar-refractivity contribution in [2.24, 2.45) is 11.8 Å². The number of aromatic nitrogens is 1.